The van der Waals surface area contributed by atoms with Crippen molar-refractivity contribution in [2.24, 2.45) is 0 Å². The van der Waals surface area contributed by atoms with Gasteiger partial charge in [0.1, 0.15) is 5.75 Å². The van der Waals surface area contributed by atoms with Gasteiger partial charge in [-0.3, -0.25) is 4.90 Å². The van der Waals surface area contributed by atoms with Crippen LogP contribution in [0.3, 0.4) is 0 Å². The normalized spacial score (nSPS) is 30.1. The van der Waals surface area contributed by atoms with Crippen LogP contribution in [0.15, 0.2) is 30.9 Å². The molecule has 0 unspecified atom stereocenters. The molecule has 1 N–H and O–H groups in total. The molecule has 0 radical (unpaired) electrons. The molecule has 3 atom stereocenters. The molecule has 24 heavy (non-hydrogen) atoms. The average molecular weight is 331 g/mol. The van der Waals surface area contributed by atoms with E-state index in [0.29, 0.717) is 6.04 Å². The van der Waals surface area contributed by atoms with E-state index < -0.39 is 0 Å². The van der Waals surface area contributed by atoms with Crippen LogP contribution in [0.4, 0.5) is 0 Å². The highest BCUT2D eigenvalue weighted by Crippen LogP contribution is 2.43. The second-order valence-electron chi connectivity index (χ2n) is 7.07. The fourth-order valence-electron chi connectivity index (χ4n) is 4.44. The molecule has 3 rings (SSSR count). The molecule has 2 fully saturated rings. The maximum atomic E-state index is 10.1. The van der Waals surface area contributed by atoms with Gasteiger partial charge in [0.15, 0.2) is 0 Å². The van der Waals surface area contributed by atoms with Crippen molar-refractivity contribution in [2.45, 2.75) is 56.4 Å². The Labute approximate surface area is 145 Å². The van der Waals surface area contributed by atoms with E-state index in [0.717, 1.165) is 50.9 Å². The molecular weight excluding hydrogens is 302 g/mol. The summed E-state index contributed by atoms with van der Waals surface area (Å²) in [5.74, 6) is 0.916. The Morgan fingerprint density at radius 1 is 1.38 bits per heavy atom. The zero-order chi connectivity index (χ0) is 17.2. The molecule has 0 bridgehead atoms. The van der Waals surface area contributed by atoms with Gasteiger partial charge in [-0.25, -0.2) is 0 Å². The molecule has 4 nitrogen and oxygen atoms in total. The summed E-state index contributed by atoms with van der Waals surface area (Å²) in [7, 11) is 3.53. The van der Waals surface area contributed by atoms with Crippen LogP contribution in [0.5, 0.6) is 5.75 Å². The van der Waals surface area contributed by atoms with Crippen molar-refractivity contribution in [3.8, 4) is 5.75 Å². The number of allylic oxidation sites excluding steroid dienone is 1. The minimum absolute atomic E-state index is 0.0738. The number of nitrogens with zero attached hydrogens (tertiary/aromatic N) is 1. The molecule has 1 aliphatic carbocycles. The Kier molecular flexibility index (Phi) is 5.28. The fourth-order valence-corrected chi connectivity index (χ4v) is 4.44. The molecular formula is C20H29NO3. The van der Waals surface area contributed by atoms with E-state index in [9.17, 15) is 5.11 Å². The third-order valence-electron chi connectivity index (χ3n) is 5.77. The number of likely N-dealkylation sites (tertiary alicyclic amines) is 1. The zero-order valence-corrected chi connectivity index (χ0v) is 14.8. The lowest BCUT2D eigenvalue weighted by Gasteiger charge is -2.42. The molecule has 1 heterocycles. The first-order chi connectivity index (χ1) is 11.6. The van der Waals surface area contributed by atoms with Crippen molar-refractivity contribution >= 4 is 0 Å². The Bertz CT molecular complexity index is 588. The van der Waals surface area contributed by atoms with Crippen molar-refractivity contribution in [3.05, 3.63) is 42.0 Å². The molecule has 1 saturated heterocycles. The molecule has 132 valence electrons. The minimum Gasteiger partial charge on any atom is -0.496 e. The van der Waals surface area contributed by atoms with E-state index in [1.165, 1.54) is 11.1 Å². The van der Waals surface area contributed by atoms with Crippen LogP contribution in [-0.2, 0) is 17.7 Å². The average Bonchev–Trinajstić information content (AvgIpc) is 2.94. The van der Waals surface area contributed by atoms with Crippen molar-refractivity contribution < 1.29 is 14.6 Å². The zero-order valence-electron chi connectivity index (χ0n) is 14.8. The topological polar surface area (TPSA) is 41.9 Å². The van der Waals surface area contributed by atoms with Gasteiger partial charge in [-0.1, -0.05) is 18.2 Å². The standard InChI is InChI=1S/C20H29NO3/c1-4-5-16-12-15(6-7-18(16)23-2)14-21-11-10-20(24-3)9-8-17(22)13-19(20)21/h4,6-7,12,17,19,22H,1,5,8-11,13-14H2,2-3H3/t17-,19+,20-/m1/s1. The molecule has 0 aromatic heterocycles. The van der Waals surface area contributed by atoms with Crippen LogP contribution in [0.1, 0.15) is 36.8 Å². The fraction of sp³-hybridized carbons (Fsp3) is 0.600. The van der Waals surface area contributed by atoms with Crippen molar-refractivity contribution in [3.63, 3.8) is 0 Å². The highest BCUT2D eigenvalue weighted by molar-refractivity contribution is 5.38. The van der Waals surface area contributed by atoms with Gasteiger partial charge in [-0.2, -0.15) is 0 Å². The van der Waals surface area contributed by atoms with Crippen LogP contribution in [0.25, 0.3) is 0 Å². The number of aliphatic hydroxyl groups is 1. The number of methoxy groups -OCH3 is 2. The van der Waals surface area contributed by atoms with E-state index in [4.69, 9.17) is 9.47 Å². The Morgan fingerprint density at radius 2 is 2.21 bits per heavy atom. The highest BCUT2D eigenvalue weighted by atomic mass is 16.5. The van der Waals surface area contributed by atoms with Crippen molar-refractivity contribution in [1.29, 1.82) is 0 Å². The first-order valence-electron chi connectivity index (χ1n) is 8.86. The summed E-state index contributed by atoms with van der Waals surface area (Å²) in [5.41, 5.74) is 2.38. The summed E-state index contributed by atoms with van der Waals surface area (Å²) < 4.78 is 11.4. The van der Waals surface area contributed by atoms with Gasteiger partial charge in [-0.15, -0.1) is 6.58 Å². The predicted octanol–water partition coefficient (Wildman–Crippen LogP) is 2.93. The quantitative estimate of drug-likeness (QED) is 0.814. The first-order valence-corrected chi connectivity index (χ1v) is 8.86. The molecule has 2 aliphatic rings. The van der Waals surface area contributed by atoms with Crippen molar-refractivity contribution in [2.75, 3.05) is 20.8 Å². The summed E-state index contributed by atoms with van der Waals surface area (Å²) in [6.45, 7) is 5.74. The second kappa shape index (κ2) is 7.26. The second-order valence-corrected chi connectivity index (χ2v) is 7.07. The van der Waals surface area contributed by atoms with Crippen LogP contribution < -0.4 is 4.74 Å². The molecule has 1 aliphatic heterocycles. The third kappa shape index (κ3) is 3.23. The van der Waals surface area contributed by atoms with Crippen LogP contribution >= 0.6 is 0 Å². The molecule has 1 saturated carbocycles. The van der Waals surface area contributed by atoms with Gasteiger partial charge in [0.05, 0.1) is 18.8 Å². The largest absolute Gasteiger partial charge is 0.496 e. The maximum absolute atomic E-state index is 10.1. The number of hydrogen-bond acceptors (Lipinski definition) is 4. The molecule has 0 amide bonds. The summed E-state index contributed by atoms with van der Waals surface area (Å²) in [4.78, 5) is 2.48. The Balaban J connectivity index is 1.78. The lowest BCUT2D eigenvalue weighted by molar-refractivity contribution is -0.0879. The summed E-state index contributed by atoms with van der Waals surface area (Å²) in [5, 5.41) is 10.1. The number of aliphatic hydroxyl groups excluding tert-OH is 1. The highest BCUT2D eigenvalue weighted by Gasteiger charge is 2.50. The summed E-state index contributed by atoms with van der Waals surface area (Å²) in [6.07, 6.45) is 6.18. The van der Waals surface area contributed by atoms with Crippen LogP contribution in [-0.4, -0.2) is 48.5 Å². The predicted molar refractivity (Wildman–Crippen MR) is 95.3 cm³/mol. The van der Waals surface area contributed by atoms with E-state index in [2.05, 4.69) is 23.6 Å². The maximum Gasteiger partial charge on any atom is 0.122 e. The monoisotopic (exact) mass is 331 g/mol. The first kappa shape index (κ1) is 17.5. The molecule has 1 aromatic rings. The van der Waals surface area contributed by atoms with E-state index >= 15 is 0 Å². The molecule has 4 heteroatoms. The molecule has 1 aromatic carbocycles. The smallest absolute Gasteiger partial charge is 0.122 e. The Morgan fingerprint density at radius 3 is 2.92 bits per heavy atom. The summed E-state index contributed by atoms with van der Waals surface area (Å²) >= 11 is 0. The van der Waals surface area contributed by atoms with E-state index in [1.807, 2.05) is 19.3 Å². The Hall–Kier alpha value is -1.36. The lowest BCUT2D eigenvalue weighted by Crippen LogP contribution is -2.51. The number of hydrogen-bond donors (Lipinski definition) is 1. The van der Waals surface area contributed by atoms with E-state index in [-0.39, 0.29) is 11.7 Å². The third-order valence-corrected chi connectivity index (χ3v) is 5.77. The van der Waals surface area contributed by atoms with Gasteiger partial charge < -0.3 is 14.6 Å². The van der Waals surface area contributed by atoms with Crippen molar-refractivity contribution in [1.82, 2.24) is 4.90 Å². The SMILES string of the molecule is C=CCc1cc(CN2CC[C@]3(OC)CC[C@@H](O)C[C@H]23)ccc1OC. The summed E-state index contributed by atoms with van der Waals surface area (Å²) in [6, 6.07) is 6.70. The number of benzene rings is 1. The number of ether oxygens (including phenoxy) is 2. The van der Waals surface area contributed by atoms with Gasteiger partial charge in [0, 0.05) is 26.2 Å². The number of fused-ring (bicyclic) bond motifs is 1. The van der Waals surface area contributed by atoms with Gasteiger partial charge >= 0.3 is 0 Å². The minimum atomic E-state index is -0.203. The van der Waals surface area contributed by atoms with Gasteiger partial charge in [-0.05, 0) is 49.3 Å². The van der Waals surface area contributed by atoms with Crippen LogP contribution in [0.2, 0.25) is 0 Å². The van der Waals surface area contributed by atoms with Crippen LogP contribution in [0, 0.1) is 0 Å². The van der Waals surface area contributed by atoms with E-state index in [1.54, 1.807) is 7.11 Å². The number of rotatable bonds is 6. The lowest BCUT2D eigenvalue weighted by atomic mass is 9.79. The van der Waals surface area contributed by atoms with Gasteiger partial charge in [0.2, 0.25) is 0 Å². The van der Waals surface area contributed by atoms with Gasteiger partial charge in [0.25, 0.3) is 0 Å². The molecule has 0 spiro atoms.